The zero-order valence-corrected chi connectivity index (χ0v) is 14.1. The Kier molecular flexibility index (Phi) is 4.68. The van der Waals surface area contributed by atoms with Crippen LogP contribution in [0.2, 0.25) is 0 Å². The molecule has 1 aromatic rings. The van der Waals surface area contributed by atoms with Gasteiger partial charge in [-0.05, 0) is 32.6 Å². The maximum absolute atomic E-state index is 12.8. The second-order valence-corrected chi connectivity index (χ2v) is 6.72. The van der Waals surface area contributed by atoms with E-state index in [-0.39, 0.29) is 24.4 Å². The molecule has 3 heterocycles. The number of likely N-dealkylation sites (tertiary alicyclic amines) is 2. The zero-order chi connectivity index (χ0) is 16.4. The van der Waals surface area contributed by atoms with Crippen molar-refractivity contribution in [1.29, 1.82) is 0 Å². The van der Waals surface area contributed by atoms with Crippen LogP contribution in [0, 0.1) is 6.92 Å². The zero-order valence-electron chi connectivity index (χ0n) is 14.1. The normalized spacial score (nSPS) is 22.5. The van der Waals surface area contributed by atoms with Gasteiger partial charge in [-0.2, -0.15) is 0 Å². The van der Waals surface area contributed by atoms with Gasteiger partial charge in [-0.3, -0.25) is 9.59 Å². The number of carbonyl (C=O) groups excluding carboxylic acids is 2. The second kappa shape index (κ2) is 6.72. The topological polar surface area (TPSA) is 58.4 Å². The average Bonchev–Trinajstić information content (AvgIpc) is 3.05. The average molecular weight is 318 g/mol. The molecule has 1 atom stereocenters. The van der Waals surface area contributed by atoms with E-state index in [0.717, 1.165) is 50.2 Å². The fraction of sp³-hybridized carbons (Fsp3) is 0.706. The minimum atomic E-state index is 0.0447. The van der Waals surface area contributed by atoms with E-state index in [1.165, 1.54) is 0 Å². The quantitative estimate of drug-likeness (QED) is 0.854. The van der Waals surface area contributed by atoms with Gasteiger partial charge in [0, 0.05) is 32.8 Å². The maximum Gasteiger partial charge on any atom is 0.242 e. The minimum absolute atomic E-state index is 0.0447. The number of imidazole rings is 1. The van der Waals surface area contributed by atoms with Crippen LogP contribution in [0.15, 0.2) is 6.20 Å². The molecule has 3 rings (SSSR count). The first-order valence-electron chi connectivity index (χ1n) is 8.63. The molecule has 0 radical (unpaired) electrons. The molecule has 23 heavy (non-hydrogen) atoms. The van der Waals surface area contributed by atoms with Crippen molar-refractivity contribution in [3.63, 3.8) is 0 Å². The highest BCUT2D eigenvalue weighted by Crippen LogP contribution is 2.31. The van der Waals surface area contributed by atoms with Crippen LogP contribution in [-0.2, 0) is 16.6 Å². The van der Waals surface area contributed by atoms with Gasteiger partial charge in [-0.25, -0.2) is 4.98 Å². The summed E-state index contributed by atoms with van der Waals surface area (Å²) >= 11 is 0. The molecule has 6 nitrogen and oxygen atoms in total. The van der Waals surface area contributed by atoms with Crippen molar-refractivity contribution in [1.82, 2.24) is 19.4 Å². The number of nitrogens with zero attached hydrogens (tertiary/aromatic N) is 4. The lowest BCUT2D eigenvalue weighted by Gasteiger charge is -2.28. The maximum atomic E-state index is 12.8. The molecule has 0 aromatic carbocycles. The first-order chi connectivity index (χ1) is 11.1. The monoisotopic (exact) mass is 318 g/mol. The largest absolute Gasteiger partial charge is 0.336 e. The first-order valence-corrected chi connectivity index (χ1v) is 8.63. The van der Waals surface area contributed by atoms with Gasteiger partial charge < -0.3 is 14.4 Å². The Labute approximate surface area is 137 Å². The van der Waals surface area contributed by atoms with Crippen LogP contribution in [0.3, 0.4) is 0 Å². The predicted molar refractivity (Wildman–Crippen MR) is 86.7 cm³/mol. The van der Waals surface area contributed by atoms with E-state index in [1.54, 1.807) is 4.90 Å². The number of hydrogen-bond donors (Lipinski definition) is 0. The predicted octanol–water partition coefficient (Wildman–Crippen LogP) is 1.79. The van der Waals surface area contributed by atoms with Gasteiger partial charge in [0.25, 0.3) is 0 Å². The van der Waals surface area contributed by atoms with Gasteiger partial charge in [0.2, 0.25) is 11.8 Å². The molecule has 0 N–H and O–H groups in total. The Morgan fingerprint density at radius 3 is 2.83 bits per heavy atom. The van der Waals surface area contributed by atoms with E-state index in [0.29, 0.717) is 13.0 Å². The van der Waals surface area contributed by atoms with Gasteiger partial charge in [0.1, 0.15) is 5.82 Å². The van der Waals surface area contributed by atoms with Crippen LogP contribution in [0.1, 0.15) is 56.1 Å². The lowest BCUT2D eigenvalue weighted by Crippen LogP contribution is -2.42. The third kappa shape index (κ3) is 3.41. The molecule has 0 saturated carbocycles. The lowest BCUT2D eigenvalue weighted by atomic mass is 10.2. The summed E-state index contributed by atoms with van der Waals surface area (Å²) in [6, 6.07) is 0.0447. The summed E-state index contributed by atoms with van der Waals surface area (Å²) in [5, 5.41) is 0. The number of aromatic nitrogens is 2. The van der Waals surface area contributed by atoms with Crippen molar-refractivity contribution < 1.29 is 9.59 Å². The summed E-state index contributed by atoms with van der Waals surface area (Å²) in [5.74, 6) is 1.14. The molecule has 0 aliphatic carbocycles. The molecule has 0 spiro atoms. The molecule has 2 aliphatic heterocycles. The van der Waals surface area contributed by atoms with Gasteiger partial charge in [0.15, 0.2) is 0 Å². The number of hydrogen-bond acceptors (Lipinski definition) is 3. The Bertz CT molecular complexity index is 595. The van der Waals surface area contributed by atoms with Gasteiger partial charge >= 0.3 is 0 Å². The fourth-order valence-electron chi connectivity index (χ4n) is 3.74. The van der Waals surface area contributed by atoms with E-state index >= 15 is 0 Å². The van der Waals surface area contributed by atoms with E-state index in [9.17, 15) is 9.59 Å². The molecule has 6 heteroatoms. The van der Waals surface area contributed by atoms with Crippen molar-refractivity contribution in [3.05, 3.63) is 17.7 Å². The van der Waals surface area contributed by atoms with Gasteiger partial charge in [-0.15, -0.1) is 0 Å². The summed E-state index contributed by atoms with van der Waals surface area (Å²) in [6.07, 6.45) is 7.54. The highest BCUT2D eigenvalue weighted by Gasteiger charge is 2.34. The fourth-order valence-corrected chi connectivity index (χ4v) is 3.74. The summed E-state index contributed by atoms with van der Waals surface area (Å²) in [5.41, 5.74) is 0.976. The Hall–Kier alpha value is -1.85. The van der Waals surface area contributed by atoms with E-state index < -0.39 is 0 Å². The molecule has 2 fully saturated rings. The highest BCUT2D eigenvalue weighted by atomic mass is 16.2. The Morgan fingerprint density at radius 2 is 2.09 bits per heavy atom. The van der Waals surface area contributed by atoms with Crippen molar-refractivity contribution in [2.75, 3.05) is 19.6 Å². The van der Waals surface area contributed by atoms with Gasteiger partial charge in [0.05, 0.1) is 18.3 Å². The molecule has 2 saturated heterocycles. The summed E-state index contributed by atoms with van der Waals surface area (Å²) in [4.78, 5) is 33.1. The molecular formula is C17H26N4O2. The van der Waals surface area contributed by atoms with Crippen LogP contribution in [0.25, 0.3) is 0 Å². The number of amides is 2. The number of rotatable bonds is 3. The molecule has 1 aromatic heterocycles. The van der Waals surface area contributed by atoms with Crippen LogP contribution in [0.5, 0.6) is 0 Å². The highest BCUT2D eigenvalue weighted by molar-refractivity contribution is 5.85. The van der Waals surface area contributed by atoms with E-state index in [4.69, 9.17) is 0 Å². The van der Waals surface area contributed by atoms with Gasteiger partial charge in [-0.1, -0.05) is 6.42 Å². The summed E-state index contributed by atoms with van der Waals surface area (Å²) < 4.78 is 2.02. The molecule has 0 bridgehead atoms. The van der Waals surface area contributed by atoms with Crippen molar-refractivity contribution in [3.8, 4) is 0 Å². The van der Waals surface area contributed by atoms with E-state index in [2.05, 4.69) is 4.98 Å². The minimum Gasteiger partial charge on any atom is -0.336 e. The van der Waals surface area contributed by atoms with Crippen molar-refractivity contribution in [2.45, 2.75) is 51.5 Å². The Balaban J connectivity index is 1.70. The molecule has 2 amide bonds. The number of aryl methyl sites for hydroxylation is 2. The van der Waals surface area contributed by atoms with E-state index in [1.807, 2.05) is 29.6 Å². The van der Waals surface area contributed by atoms with Crippen LogP contribution < -0.4 is 0 Å². The third-order valence-corrected chi connectivity index (χ3v) is 4.90. The summed E-state index contributed by atoms with van der Waals surface area (Å²) in [7, 11) is 1.98. The van der Waals surface area contributed by atoms with Crippen molar-refractivity contribution >= 4 is 11.8 Å². The summed E-state index contributed by atoms with van der Waals surface area (Å²) in [6.45, 7) is 3.67. The smallest absolute Gasteiger partial charge is 0.242 e. The van der Waals surface area contributed by atoms with Crippen LogP contribution in [0.4, 0.5) is 0 Å². The van der Waals surface area contributed by atoms with Crippen molar-refractivity contribution in [2.24, 2.45) is 7.05 Å². The molecule has 0 unspecified atom stereocenters. The molecule has 126 valence electrons. The number of carbonyl (C=O) groups is 2. The molecular weight excluding hydrogens is 292 g/mol. The first kappa shape index (κ1) is 16.0. The van der Waals surface area contributed by atoms with Crippen LogP contribution in [-0.4, -0.2) is 50.8 Å². The lowest BCUT2D eigenvalue weighted by molar-refractivity contribution is -0.140. The Morgan fingerprint density at radius 1 is 1.26 bits per heavy atom. The third-order valence-electron chi connectivity index (χ3n) is 4.90. The standard InChI is InChI=1S/C17H26N4O2/c1-13-11-19(2)17(18-13)14-7-6-10-21(14)16(23)12-20-9-5-3-4-8-15(20)22/h11,14H,3-10,12H2,1-2H3/t14-/m1/s1. The molecule has 2 aliphatic rings. The second-order valence-electron chi connectivity index (χ2n) is 6.72. The SMILES string of the molecule is Cc1cn(C)c([C@H]2CCCN2C(=O)CN2CCCCCC2=O)n1. The van der Waals surface area contributed by atoms with Crippen LogP contribution >= 0.6 is 0 Å².